The summed E-state index contributed by atoms with van der Waals surface area (Å²) in [5.41, 5.74) is 0.261. The molecule has 2 rings (SSSR count). The second-order valence-electron chi connectivity index (χ2n) is 3.93. The van der Waals surface area contributed by atoms with Crippen LogP contribution in [0.1, 0.15) is 0 Å². The molecule has 1 aromatic carbocycles. The molecule has 0 saturated carbocycles. The van der Waals surface area contributed by atoms with Crippen LogP contribution in [0.4, 0.5) is 5.69 Å². The van der Waals surface area contributed by atoms with Crippen molar-refractivity contribution >= 4 is 38.9 Å². The molecule has 0 aliphatic rings. The molecule has 108 valence electrons. The first-order chi connectivity index (χ1) is 9.40. The topological polar surface area (TPSA) is 84.2 Å². The van der Waals surface area contributed by atoms with Gasteiger partial charge in [0.25, 0.3) is 10.0 Å². The quantitative estimate of drug-likeness (QED) is 0.874. The Bertz CT molecular complexity index is 695. The third-order valence-corrected chi connectivity index (χ3v) is 4.14. The van der Waals surface area contributed by atoms with Gasteiger partial charge < -0.3 is 5.11 Å². The Morgan fingerprint density at radius 2 is 1.90 bits per heavy atom. The van der Waals surface area contributed by atoms with Crippen LogP contribution in [0.3, 0.4) is 0 Å². The maximum Gasteiger partial charge on any atom is 0.265 e. The molecule has 1 aromatic heterocycles. The molecule has 20 heavy (non-hydrogen) atoms. The highest BCUT2D eigenvalue weighted by Gasteiger charge is 2.17. The lowest BCUT2D eigenvalue weighted by Gasteiger charge is -2.07. The van der Waals surface area contributed by atoms with E-state index in [0.717, 1.165) is 0 Å². The van der Waals surface area contributed by atoms with Gasteiger partial charge in [-0.15, -0.1) is 0 Å². The van der Waals surface area contributed by atoms with Gasteiger partial charge >= 0.3 is 0 Å². The highest BCUT2D eigenvalue weighted by Crippen LogP contribution is 2.24. The van der Waals surface area contributed by atoms with Gasteiger partial charge in [0, 0.05) is 16.2 Å². The number of anilines is 1. The van der Waals surface area contributed by atoms with Crippen LogP contribution in [0, 0.1) is 0 Å². The van der Waals surface area contributed by atoms with E-state index in [0.29, 0.717) is 10.0 Å². The molecule has 0 aliphatic carbocycles. The first kappa shape index (κ1) is 15.1. The van der Waals surface area contributed by atoms with Crippen LogP contribution >= 0.6 is 23.2 Å². The molecule has 0 fully saturated rings. The number of hydrogen-bond donors (Lipinski definition) is 2. The summed E-state index contributed by atoms with van der Waals surface area (Å²) in [6.45, 7) is 0.0943. The zero-order valence-corrected chi connectivity index (χ0v) is 12.5. The Balaban J connectivity index is 2.25. The molecule has 2 aromatic rings. The number of aliphatic hydroxyl groups is 1. The molecule has 0 spiro atoms. The fourth-order valence-corrected chi connectivity index (χ4v) is 3.05. The Labute approximate surface area is 126 Å². The molecule has 2 N–H and O–H groups in total. The minimum absolute atomic E-state index is 0.0120. The average Bonchev–Trinajstić information content (AvgIpc) is 2.76. The lowest BCUT2D eigenvalue weighted by Crippen LogP contribution is -2.12. The molecule has 0 unspecified atom stereocenters. The predicted octanol–water partition coefficient (Wildman–Crippen LogP) is 1.98. The van der Waals surface area contributed by atoms with Gasteiger partial charge in [-0.3, -0.25) is 9.40 Å². The number of nitrogens with zero attached hydrogens (tertiary/aromatic N) is 2. The SMILES string of the molecule is O=S(=O)(Nc1cc(Cl)cc(Cl)c1)c1cnn(CCO)c1. The minimum Gasteiger partial charge on any atom is -0.394 e. The van der Waals surface area contributed by atoms with E-state index in [-0.39, 0.29) is 23.7 Å². The van der Waals surface area contributed by atoms with Gasteiger partial charge in [0.15, 0.2) is 0 Å². The summed E-state index contributed by atoms with van der Waals surface area (Å²) in [6.07, 6.45) is 2.52. The van der Waals surface area contributed by atoms with Gasteiger partial charge in [-0.25, -0.2) is 8.42 Å². The Kier molecular flexibility index (Phi) is 4.54. The van der Waals surface area contributed by atoms with E-state index < -0.39 is 10.0 Å². The second-order valence-corrected chi connectivity index (χ2v) is 6.48. The summed E-state index contributed by atoms with van der Waals surface area (Å²) in [5, 5.41) is 13.3. The van der Waals surface area contributed by atoms with Crippen LogP contribution in [-0.4, -0.2) is 29.9 Å². The maximum atomic E-state index is 12.1. The Hall–Kier alpha value is -1.28. The molecule has 0 atom stereocenters. The van der Waals surface area contributed by atoms with Crippen molar-refractivity contribution in [1.29, 1.82) is 0 Å². The van der Waals surface area contributed by atoms with Crippen molar-refractivity contribution in [1.82, 2.24) is 9.78 Å². The van der Waals surface area contributed by atoms with Crippen molar-refractivity contribution in [2.45, 2.75) is 11.4 Å². The Morgan fingerprint density at radius 3 is 2.50 bits per heavy atom. The van der Waals surface area contributed by atoms with Crippen molar-refractivity contribution in [2.75, 3.05) is 11.3 Å². The van der Waals surface area contributed by atoms with Gasteiger partial charge in [-0.1, -0.05) is 23.2 Å². The lowest BCUT2D eigenvalue weighted by atomic mass is 10.3. The van der Waals surface area contributed by atoms with E-state index in [2.05, 4.69) is 9.82 Å². The minimum atomic E-state index is -3.78. The Morgan fingerprint density at radius 1 is 1.25 bits per heavy atom. The number of nitrogens with one attached hydrogen (secondary N) is 1. The van der Waals surface area contributed by atoms with E-state index >= 15 is 0 Å². The first-order valence-electron chi connectivity index (χ1n) is 5.53. The molecule has 0 amide bonds. The normalized spacial score (nSPS) is 11.6. The number of hydrogen-bond acceptors (Lipinski definition) is 4. The third-order valence-electron chi connectivity index (χ3n) is 2.36. The highest BCUT2D eigenvalue weighted by molar-refractivity contribution is 7.92. The van der Waals surface area contributed by atoms with Crippen LogP contribution in [-0.2, 0) is 16.6 Å². The van der Waals surface area contributed by atoms with Gasteiger partial charge in [-0.2, -0.15) is 5.10 Å². The number of rotatable bonds is 5. The van der Waals surface area contributed by atoms with E-state index in [1.54, 1.807) is 0 Å². The van der Waals surface area contributed by atoms with Crippen molar-refractivity contribution in [3.63, 3.8) is 0 Å². The van der Waals surface area contributed by atoms with Crippen molar-refractivity contribution in [3.05, 3.63) is 40.6 Å². The van der Waals surface area contributed by atoms with Crippen LogP contribution < -0.4 is 4.72 Å². The standard InChI is InChI=1S/C11H11Cl2N3O3S/c12-8-3-9(13)5-10(4-8)15-20(18,19)11-6-14-16(7-11)1-2-17/h3-7,15,17H,1-2H2. The molecule has 0 radical (unpaired) electrons. The van der Waals surface area contributed by atoms with E-state index in [9.17, 15) is 8.42 Å². The molecule has 9 heteroatoms. The maximum absolute atomic E-state index is 12.1. The van der Waals surface area contributed by atoms with Crippen molar-refractivity contribution < 1.29 is 13.5 Å². The van der Waals surface area contributed by atoms with Gasteiger partial charge in [0.1, 0.15) is 4.90 Å². The zero-order valence-electron chi connectivity index (χ0n) is 10.1. The number of halogens is 2. The van der Waals surface area contributed by atoms with Crippen LogP contribution in [0.5, 0.6) is 0 Å². The lowest BCUT2D eigenvalue weighted by molar-refractivity contribution is 0.269. The fourth-order valence-electron chi connectivity index (χ4n) is 1.53. The number of benzene rings is 1. The third kappa shape index (κ3) is 3.63. The van der Waals surface area contributed by atoms with Crippen LogP contribution in [0.25, 0.3) is 0 Å². The van der Waals surface area contributed by atoms with Gasteiger partial charge in [0.2, 0.25) is 0 Å². The van der Waals surface area contributed by atoms with Gasteiger partial charge in [-0.05, 0) is 18.2 Å². The summed E-state index contributed by atoms with van der Waals surface area (Å²) in [7, 11) is -3.78. The number of sulfonamides is 1. The first-order valence-corrected chi connectivity index (χ1v) is 7.77. The summed E-state index contributed by atoms with van der Waals surface area (Å²) >= 11 is 11.6. The summed E-state index contributed by atoms with van der Waals surface area (Å²) in [6, 6.07) is 4.40. The monoisotopic (exact) mass is 335 g/mol. The average molecular weight is 336 g/mol. The number of aliphatic hydroxyl groups excluding tert-OH is 1. The summed E-state index contributed by atoms with van der Waals surface area (Å²) < 4.78 is 27.9. The highest BCUT2D eigenvalue weighted by atomic mass is 35.5. The number of aromatic nitrogens is 2. The molecular weight excluding hydrogens is 325 g/mol. The molecular formula is C11H11Cl2N3O3S. The smallest absolute Gasteiger partial charge is 0.265 e. The molecule has 1 heterocycles. The van der Waals surface area contributed by atoms with Crippen molar-refractivity contribution in [2.24, 2.45) is 0 Å². The van der Waals surface area contributed by atoms with Gasteiger partial charge in [0.05, 0.1) is 25.0 Å². The van der Waals surface area contributed by atoms with E-state index in [4.69, 9.17) is 28.3 Å². The van der Waals surface area contributed by atoms with E-state index in [1.807, 2.05) is 0 Å². The molecule has 0 aliphatic heterocycles. The van der Waals surface area contributed by atoms with Crippen LogP contribution in [0.15, 0.2) is 35.5 Å². The molecule has 6 nitrogen and oxygen atoms in total. The predicted molar refractivity (Wildman–Crippen MR) is 76.6 cm³/mol. The molecule has 0 saturated heterocycles. The summed E-state index contributed by atoms with van der Waals surface area (Å²) in [4.78, 5) is -0.0120. The zero-order chi connectivity index (χ0) is 14.8. The summed E-state index contributed by atoms with van der Waals surface area (Å²) in [5.74, 6) is 0. The fraction of sp³-hybridized carbons (Fsp3) is 0.182. The van der Waals surface area contributed by atoms with Crippen LogP contribution in [0.2, 0.25) is 10.0 Å². The second kappa shape index (κ2) is 6.01. The van der Waals surface area contributed by atoms with E-state index in [1.165, 1.54) is 35.3 Å². The van der Waals surface area contributed by atoms with Crippen molar-refractivity contribution in [3.8, 4) is 0 Å². The largest absolute Gasteiger partial charge is 0.394 e. The molecule has 0 bridgehead atoms.